The number of rotatable bonds is 3. The van der Waals surface area contributed by atoms with Crippen LogP contribution >= 0.6 is 15.9 Å². The van der Waals surface area contributed by atoms with E-state index >= 15 is 0 Å². The number of carbonyl (C=O) groups excluding carboxylic acids is 1. The first-order valence-corrected chi connectivity index (χ1v) is 7.21. The molecule has 0 spiro atoms. The molecule has 5 heteroatoms. The molecule has 0 aromatic heterocycles. The Balaban J connectivity index is 2.41. The van der Waals surface area contributed by atoms with Crippen molar-refractivity contribution in [1.29, 1.82) is 0 Å². The molecule has 0 atom stereocenters. The van der Waals surface area contributed by atoms with E-state index in [9.17, 15) is 4.79 Å². The molecule has 1 amide bonds. The van der Waals surface area contributed by atoms with E-state index in [1.54, 1.807) is 32.4 Å². The largest absolute Gasteiger partial charge is 0.496 e. The highest BCUT2D eigenvalue weighted by Gasteiger charge is 2.19. The molecule has 2 N–H and O–H groups in total. The fraction of sp³-hybridized carbons (Fsp3) is 0.188. The van der Waals surface area contributed by atoms with Crippen molar-refractivity contribution in [3.63, 3.8) is 0 Å². The smallest absolute Gasteiger partial charge is 0.261 e. The van der Waals surface area contributed by atoms with E-state index in [4.69, 9.17) is 10.5 Å². The van der Waals surface area contributed by atoms with Crippen LogP contribution in [0.3, 0.4) is 0 Å². The van der Waals surface area contributed by atoms with Crippen LogP contribution in [0.1, 0.15) is 15.9 Å². The summed E-state index contributed by atoms with van der Waals surface area (Å²) >= 11 is 3.36. The minimum Gasteiger partial charge on any atom is -0.496 e. The van der Waals surface area contributed by atoms with Crippen molar-refractivity contribution in [2.24, 2.45) is 0 Å². The van der Waals surface area contributed by atoms with Crippen molar-refractivity contribution >= 4 is 33.2 Å². The summed E-state index contributed by atoms with van der Waals surface area (Å²) in [6.07, 6.45) is 0. The number of nitrogen functional groups attached to an aromatic ring is 1. The monoisotopic (exact) mass is 348 g/mol. The number of ether oxygens (including phenoxy) is 1. The Hall–Kier alpha value is -2.01. The quantitative estimate of drug-likeness (QED) is 0.861. The Morgan fingerprint density at radius 1 is 1.24 bits per heavy atom. The highest BCUT2D eigenvalue weighted by atomic mass is 79.9. The molecule has 0 bridgehead atoms. The summed E-state index contributed by atoms with van der Waals surface area (Å²) in [6, 6.07) is 10.9. The molecule has 0 radical (unpaired) electrons. The zero-order valence-corrected chi connectivity index (χ0v) is 13.8. The second-order valence-corrected chi connectivity index (χ2v) is 5.69. The lowest BCUT2D eigenvalue weighted by Crippen LogP contribution is -2.27. The third-order valence-electron chi connectivity index (χ3n) is 3.24. The van der Waals surface area contributed by atoms with E-state index in [1.165, 1.54) is 4.90 Å². The summed E-state index contributed by atoms with van der Waals surface area (Å²) in [5.74, 6) is 0.387. The third kappa shape index (κ3) is 3.19. The topological polar surface area (TPSA) is 55.6 Å². The molecule has 21 heavy (non-hydrogen) atoms. The van der Waals surface area contributed by atoms with Crippen LogP contribution in [0.15, 0.2) is 40.9 Å². The van der Waals surface area contributed by atoms with E-state index < -0.39 is 0 Å². The number of benzene rings is 2. The van der Waals surface area contributed by atoms with Crippen LogP contribution < -0.4 is 15.4 Å². The highest BCUT2D eigenvalue weighted by molar-refractivity contribution is 9.10. The molecule has 110 valence electrons. The minimum absolute atomic E-state index is 0.162. The van der Waals surface area contributed by atoms with Crippen molar-refractivity contribution in [3.05, 3.63) is 52.0 Å². The van der Waals surface area contributed by atoms with Gasteiger partial charge in [0.1, 0.15) is 5.75 Å². The number of hydrogen-bond acceptors (Lipinski definition) is 3. The number of halogens is 1. The minimum atomic E-state index is -0.162. The van der Waals surface area contributed by atoms with Crippen LogP contribution in [-0.2, 0) is 0 Å². The van der Waals surface area contributed by atoms with Gasteiger partial charge in [0.2, 0.25) is 0 Å². The van der Waals surface area contributed by atoms with Gasteiger partial charge in [0, 0.05) is 11.5 Å². The second kappa shape index (κ2) is 6.18. The van der Waals surface area contributed by atoms with Gasteiger partial charge < -0.3 is 15.4 Å². The number of nitrogens with two attached hydrogens (primary N) is 1. The van der Waals surface area contributed by atoms with Crippen molar-refractivity contribution < 1.29 is 9.53 Å². The molecule has 0 aliphatic rings. The maximum absolute atomic E-state index is 12.7. The number of nitrogens with zero attached hydrogens (tertiary/aromatic N) is 1. The zero-order valence-electron chi connectivity index (χ0n) is 12.2. The van der Waals surface area contributed by atoms with E-state index in [1.807, 2.05) is 25.1 Å². The maximum Gasteiger partial charge on any atom is 0.261 e. The lowest BCUT2D eigenvalue weighted by atomic mass is 10.1. The van der Waals surface area contributed by atoms with E-state index in [0.29, 0.717) is 22.7 Å². The predicted molar refractivity (Wildman–Crippen MR) is 89.0 cm³/mol. The third-order valence-corrected chi connectivity index (χ3v) is 3.73. The van der Waals surface area contributed by atoms with Crippen molar-refractivity contribution in [2.75, 3.05) is 24.8 Å². The average Bonchev–Trinajstić information content (AvgIpc) is 2.45. The summed E-state index contributed by atoms with van der Waals surface area (Å²) in [5.41, 5.74) is 8.69. The van der Waals surface area contributed by atoms with Gasteiger partial charge in [-0.15, -0.1) is 0 Å². The molecule has 0 unspecified atom stereocenters. The lowest BCUT2D eigenvalue weighted by Gasteiger charge is -2.21. The van der Waals surface area contributed by atoms with Crippen LogP contribution in [0.4, 0.5) is 11.4 Å². The van der Waals surface area contributed by atoms with Gasteiger partial charge in [0.25, 0.3) is 5.91 Å². The van der Waals surface area contributed by atoms with E-state index in [0.717, 1.165) is 10.0 Å². The predicted octanol–water partition coefficient (Wildman–Crippen LogP) is 3.62. The summed E-state index contributed by atoms with van der Waals surface area (Å²) in [4.78, 5) is 14.2. The first-order chi connectivity index (χ1) is 9.93. The van der Waals surface area contributed by atoms with E-state index in [2.05, 4.69) is 15.9 Å². The molecule has 0 aliphatic carbocycles. The number of amides is 1. The molecule has 0 saturated carbocycles. The van der Waals surface area contributed by atoms with Crippen molar-refractivity contribution in [1.82, 2.24) is 0 Å². The van der Waals surface area contributed by atoms with Crippen molar-refractivity contribution in [3.8, 4) is 5.75 Å². The van der Waals surface area contributed by atoms with Crippen LogP contribution in [0.25, 0.3) is 0 Å². The van der Waals surface area contributed by atoms with Gasteiger partial charge in [-0.1, -0.05) is 27.6 Å². The number of methoxy groups -OCH3 is 1. The summed E-state index contributed by atoms with van der Waals surface area (Å²) in [7, 11) is 3.25. The SMILES string of the molecule is COc1ccc(C)cc1C(=O)N(C)c1ccc(Br)cc1N. The Morgan fingerprint density at radius 2 is 1.95 bits per heavy atom. The molecule has 2 aromatic rings. The Morgan fingerprint density at radius 3 is 2.57 bits per heavy atom. The fourth-order valence-corrected chi connectivity index (χ4v) is 2.49. The molecule has 4 nitrogen and oxygen atoms in total. The molecule has 0 fully saturated rings. The maximum atomic E-state index is 12.7. The fourth-order valence-electron chi connectivity index (χ4n) is 2.11. The van der Waals surface area contributed by atoms with Crippen LogP contribution in [0.2, 0.25) is 0 Å². The molecule has 2 aromatic carbocycles. The van der Waals surface area contributed by atoms with Crippen LogP contribution in [0, 0.1) is 6.92 Å². The normalized spacial score (nSPS) is 10.3. The number of anilines is 2. The Kier molecular flexibility index (Phi) is 4.53. The second-order valence-electron chi connectivity index (χ2n) is 4.77. The average molecular weight is 349 g/mol. The number of hydrogen-bond donors (Lipinski definition) is 1. The Bertz CT molecular complexity index is 686. The van der Waals surface area contributed by atoms with Gasteiger partial charge >= 0.3 is 0 Å². The van der Waals surface area contributed by atoms with Gasteiger partial charge in [-0.05, 0) is 37.3 Å². The summed E-state index contributed by atoms with van der Waals surface area (Å²) < 4.78 is 6.14. The zero-order chi connectivity index (χ0) is 15.6. The van der Waals surface area contributed by atoms with Crippen molar-refractivity contribution in [2.45, 2.75) is 6.92 Å². The van der Waals surface area contributed by atoms with Gasteiger partial charge in [0.05, 0.1) is 24.0 Å². The lowest BCUT2D eigenvalue weighted by molar-refractivity contribution is 0.0990. The first kappa shape index (κ1) is 15.4. The summed E-state index contributed by atoms with van der Waals surface area (Å²) in [6.45, 7) is 1.93. The van der Waals surface area contributed by atoms with Gasteiger partial charge in [-0.2, -0.15) is 0 Å². The standard InChI is InChI=1S/C16H17BrN2O2/c1-10-4-7-15(21-3)12(8-10)16(20)19(2)14-6-5-11(17)9-13(14)18/h4-9H,18H2,1-3H3. The molecule has 0 saturated heterocycles. The first-order valence-electron chi connectivity index (χ1n) is 6.41. The highest BCUT2D eigenvalue weighted by Crippen LogP contribution is 2.29. The molecule has 2 rings (SSSR count). The molecular formula is C16H17BrN2O2. The van der Waals surface area contributed by atoms with Gasteiger partial charge in [0.15, 0.2) is 0 Å². The summed E-state index contributed by atoms with van der Waals surface area (Å²) in [5, 5.41) is 0. The van der Waals surface area contributed by atoms with Crippen LogP contribution in [0.5, 0.6) is 5.75 Å². The van der Waals surface area contributed by atoms with Crippen LogP contribution in [-0.4, -0.2) is 20.1 Å². The van der Waals surface area contributed by atoms with Gasteiger partial charge in [-0.25, -0.2) is 0 Å². The molecule has 0 heterocycles. The molecule has 0 aliphatic heterocycles. The van der Waals surface area contributed by atoms with E-state index in [-0.39, 0.29) is 5.91 Å². The number of carbonyl (C=O) groups is 1. The van der Waals surface area contributed by atoms with Gasteiger partial charge in [-0.3, -0.25) is 4.79 Å². The number of aryl methyl sites for hydroxylation is 1. The molecular weight excluding hydrogens is 332 g/mol. The Labute approximate surface area is 132 Å².